The van der Waals surface area contributed by atoms with E-state index >= 15 is 0 Å². The van der Waals surface area contributed by atoms with Crippen LogP contribution < -0.4 is 4.90 Å². The first kappa shape index (κ1) is 21.6. The number of aliphatic hydroxyl groups excluding tert-OH is 1. The fraction of sp³-hybridized carbons (Fsp3) is 0.273. The zero-order valence-corrected chi connectivity index (χ0v) is 16.1. The van der Waals surface area contributed by atoms with Crippen molar-refractivity contribution in [2.75, 3.05) is 37.7 Å². The molecule has 1 aliphatic rings. The highest BCUT2D eigenvalue weighted by Crippen LogP contribution is 2.29. The molecule has 0 bridgehead atoms. The Kier molecular flexibility index (Phi) is 6.56. The van der Waals surface area contributed by atoms with E-state index in [1.54, 1.807) is 11.0 Å². The first-order valence-electron chi connectivity index (χ1n) is 9.42. The summed E-state index contributed by atoms with van der Waals surface area (Å²) in [5, 5.41) is 8.86. The van der Waals surface area contributed by atoms with Crippen LogP contribution in [0.5, 0.6) is 0 Å². The van der Waals surface area contributed by atoms with Gasteiger partial charge in [0.1, 0.15) is 6.61 Å². The fourth-order valence-corrected chi connectivity index (χ4v) is 3.29. The van der Waals surface area contributed by atoms with Gasteiger partial charge in [-0.2, -0.15) is 13.2 Å². The number of carbonyl (C=O) groups excluding carboxylic acids is 2. The lowest BCUT2D eigenvalue weighted by Crippen LogP contribution is -2.49. The number of amides is 1. The van der Waals surface area contributed by atoms with E-state index in [9.17, 15) is 22.8 Å². The van der Waals surface area contributed by atoms with Crippen LogP contribution in [0.2, 0.25) is 0 Å². The Balaban J connectivity index is 1.66. The first-order chi connectivity index (χ1) is 14.3. The summed E-state index contributed by atoms with van der Waals surface area (Å²) < 4.78 is 38.1. The molecule has 3 rings (SSSR count). The number of hydrogen-bond donors (Lipinski definition) is 1. The van der Waals surface area contributed by atoms with Crippen molar-refractivity contribution in [2.45, 2.75) is 6.18 Å². The number of hydrogen-bond acceptors (Lipinski definition) is 4. The third-order valence-corrected chi connectivity index (χ3v) is 4.91. The first-order valence-corrected chi connectivity index (χ1v) is 9.42. The van der Waals surface area contributed by atoms with Gasteiger partial charge in [-0.25, -0.2) is 0 Å². The molecule has 0 atom stereocenters. The number of piperazine rings is 1. The summed E-state index contributed by atoms with van der Waals surface area (Å²) in [4.78, 5) is 27.7. The minimum Gasteiger partial charge on any atom is -0.388 e. The number of halogens is 3. The van der Waals surface area contributed by atoms with Gasteiger partial charge in [0.2, 0.25) is 0 Å². The third kappa shape index (κ3) is 5.07. The van der Waals surface area contributed by atoms with Crippen molar-refractivity contribution in [3.63, 3.8) is 0 Å². The second-order valence-corrected chi connectivity index (χ2v) is 6.87. The Morgan fingerprint density at radius 2 is 1.60 bits per heavy atom. The average molecular weight is 418 g/mol. The molecule has 5 nitrogen and oxygen atoms in total. The maximum atomic E-state index is 12.7. The monoisotopic (exact) mass is 418 g/mol. The summed E-state index contributed by atoms with van der Waals surface area (Å²) in [5.41, 5.74) is 1.17. The van der Waals surface area contributed by atoms with Crippen LogP contribution >= 0.6 is 0 Å². The summed E-state index contributed by atoms with van der Waals surface area (Å²) in [6.07, 6.45) is -1.46. The van der Waals surface area contributed by atoms with E-state index < -0.39 is 24.1 Å². The van der Waals surface area contributed by atoms with Crippen LogP contribution in [0.15, 0.2) is 54.6 Å². The van der Waals surface area contributed by atoms with Crippen LogP contribution in [0.3, 0.4) is 0 Å². The topological polar surface area (TPSA) is 60.9 Å². The molecule has 1 saturated heterocycles. The second-order valence-electron chi connectivity index (χ2n) is 6.87. The zero-order valence-electron chi connectivity index (χ0n) is 16.1. The second kappa shape index (κ2) is 9.13. The highest BCUT2D eigenvalue weighted by atomic mass is 19.4. The van der Waals surface area contributed by atoms with Crippen LogP contribution in [-0.2, 0) is 11.0 Å². The van der Waals surface area contributed by atoms with Crippen LogP contribution in [0, 0.1) is 0 Å². The van der Waals surface area contributed by atoms with Gasteiger partial charge >= 0.3 is 6.18 Å². The lowest BCUT2D eigenvalue weighted by atomic mass is 10.1. The molecule has 1 fully saturated rings. The van der Waals surface area contributed by atoms with E-state index in [1.165, 1.54) is 18.2 Å². The molecule has 30 heavy (non-hydrogen) atoms. The molecule has 1 N–H and O–H groups in total. The standard InChI is InChI=1S/C22H21F3N2O3/c23-22(24,25)18-8-5-17(6-9-18)21(30)27-13-11-26(12-14-27)20-4-2-1-3-16(20)7-10-19(29)15-28/h1-10,28H,11-15H2/b10-7+. The van der Waals surface area contributed by atoms with Crippen LogP contribution in [0.1, 0.15) is 21.5 Å². The van der Waals surface area contributed by atoms with Gasteiger partial charge in [0.25, 0.3) is 5.91 Å². The van der Waals surface area contributed by atoms with Gasteiger partial charge in [-0.1, -0.05) is 18.2 Å². The molecule has 1 heterocycles. The predicted molar refractivity (Wildman–Crippen MR) is 107 cm³/mol. The molecular weight excluding hydrogens is 397 g/mol. The predicted octanol–water partition coefficient (Wildman–Crippen LogP) is 3.24. The van der Waals surface area contributed by atoms with Crippen molar-refractivity contribution in [1.29, 1.82) is 0 Å². The van der Waals surface area contributed by atoms with Crippen molar-refractivity contribution in [2.24, 2.45) is 0 Å². The van der Waals surface area contributed by atoms with Gasteiger partial charge < -0.3 is 14.9 Å². The molecule has 1 amide bonds. The summed E-state index contributed by atoms with van der Waals surface area (Å²) in [5.74, 6) is -0.693. The van der Waals surface area contributed by atoms with Crippen molar-refractivity contribution >= 4 is 23.5 Å². The lowest BCUT2D eigenvalue weighted by molar-refractivity contribution is -0.137. The molecule has 0 aromatic heterocycles. The maximum absolute atomic E-state index is 12.7. The number of carbonyl (C=O) groups is 2. The molecule has 8 heteroatoms. The van der Waals surface area contributed by atoms with Gasteiger partial charge in [-0.05, 0) is 48.0 Å². The van der Waals surface area contributed by atoms with Gasteiger partial charge in [0.05, 0.1) is 5.56 Å². The lowest BCUT2D eigenvalue weighted by Gasteiger charge is -2.37. The molecule has 0 unspecified atom stereocenters. The number of aliphatic hydroxyl groups is 1. The van der Waals surface area contributed by atoms with E-state index in [0.717, 1.165) is 23.4 Å². The van der Waals surface area contributed by atoms with Crippen molar-refractivity contribution < 1.29 is 27.9 Å². The summed E-state index contributed by atoms with van der Waals surface area (Å²) >= 11 is 0. The van der Waals surface area contributed by atoms with Crippen molar-refractivity contribution in [3.8, 4) is 0 Å². The number of para-hydroxylation sites is 1. The Labute approximate surface area is 172 Å². The van der Waals surface area contributed by atoms with Gasteiger partial charge in [0.15, 0.2) is 5.78 Å². The Bertz CT molecular complexity index is 931. The van der Waals surface area contributed by atoms with Gasteiger partial charge in [-0.15, -0.1) is 0 Å². The number of anilines is 1. The summed E-state index contributed by atoms with van der Waals surface area (Å²) in [6, 6.07) is 11.7. The summed E-state index contributed by atoms with van der Waals surface area (Å²) in [6.45, 7) is 1.39. The average Bonchev–Trinajstić information content (AvgIpc) is 2.76. The van der Waals surface area contributed by atoms with Gasteiger partial charge in [-0.3, -0.25) is 9.59 Å². The fourth-order valence-electron chi connectivity index (χ4n) is 3.29. The minimum atomic E-state index is -4.43. The Morgan fingerprint density at radius 1 is 0.967 bits per heavy atom. The number of benzene rings is 2. The minimum absolute atomic E-state index is 0.224. The highest BCUT2D eigenvalue weighted by molar-refractivity contribution is 5.95. The quantitative estimate of drug-likeness (QED) is 0.758. The van der Waals surface area contributed by atoms with E-state index in [1.807, 2.05) is 24.3 Å². The zero-order chi connectivity index (χ0) is 21.7. The molecule has 158 valence electrons. The molecule has 2 aromatic carbocycles. The molecule has 0 radical (unpaired) electrons. The molecule has 0 aliphatic carbocycles. The van der Waals surface area contributed by atoms with Crippen molar-refractivity contribution in [3.05, 3.63) is 71.3 Å². The Morgan fingerprint density at radius 3 is 2.20 bits per heavy atom. The maximum Gasteiger partial charge on any atom is 0.416 e. The van der Waals surface area contributed by atoms with Crippen LogP contribution in [0.4, 0.5) is 18.9 Å². The SMILES string of the molecule is O=C(/C=C/c1ccccc1N1CCN(C(=O)c2ccc(C(F)(F)F)cc2)CC1)CO. The molecular formula is C22H21F3N2O3. The van der Waals surface area contributed by atoms with Gasteiger partial charge in [0, 0.05) is 37.4 Å². The molecule has 0 spiro atoms. The number of alkyl halides is 3. The van der Waals surface area contributed by atoms with Crippen molar-refractivity contribution in [1.82, 2.24) is 4.90 Å². The number of nitrogens with zero attached hydrogens (tertiary/aromatic N) is 2. The van der Waals surface area contributed by atoms with Crippen LogP contribution in [0.25, 0.3) is 6.08 Å². The largest absolute Gasteiger partial charge is 0.416 e. The van der Waals surface area contributed by atoms with E-state index in [2.05, 4.69) is 4.90 Å². The highest BCUT2D eigenvalue weighted by Gasteiger charge is 2.30. The number of ketones is 1. The smallest absolute Gasteiger partial charge is 0.388 e. The summed E-state index contributed by atoms with van der Waals surface area (Å²) in [7, 11) is 0. The van der Waals surface area contributed by atoms with Crippen LogP contribution in [-0.4, -0.2) is 54.5 Å². The normalized spacial score (nSPS) is 14.9. The molecule has 2 aromatic rings. The Hall–Kier alpha value is -3.13. The van der Waals surface area contributed by atoms with E-state index in [-0.39, 0.29) is 11.5 Å². The molecule has 1 aliphatic heterocycles. The van der Waals surface area contributed by atoms with E-state index in [0.29, 0.717) is 26.2 Å². The third-order valence-electron chi connectivity index (χ3n) is 4.91. The van der Waals surface area contributed by atoms with E-state index in [4.69, 9.17) is 5.11 Å². The number of rotatable bonds is 5. The molecule has 0 saturated carbocycles.